The zero-order valence-corrected chi connectivity index (χ0v) is 33.8. The highest BCUT2D eigenvalue weighted by Crippen LogP contribution is 2.40. The van der Waals surface area contributed by atoms with Crippen molar-refractivity contribution in [2.45, 2.75) is 87.1 Å². The van der Waals surface area contributed by atoms with Gasteiger partial charge in [-0.1, -0.05) is 12.1 Å². The fourth-order valence-corrected chi connectivity index (χ4v) is 9.26. The first kappa shape index (κ1) is 40.5. The van der Waals surface area contributed by atoms with Crippen LogP contribution >= 0.6 is 0 Å². The van der Waals surface area contributed by atoms with Crippen molar-refractivity contribution in [1.29, 1.82) is 5.26 Å². The molecule has 0 spiro atoms. The zero-order chi connectivity index (χ0) is 40.2. The van der Waals surface area contributed by atoms with E-state index in [-0.39, 0.29) is 10.1 Å². The lowest BCUT2D eigenvalue weighted by molar-refractivity contribution is -0.113. The van der Waals surface area contributed by atoms with Crippen LogP contribution in [0.1, 0.15) is 70.2 Å². The molecule has 3 N–H and O–H groups in total. The smallest absolute Gasteiger partial charge is 0.292 e. The molecule has 0 atom stereocenters. The van der Waals surface area contributed by atoms with E-state index in [0.717, 1.165) is 75.6 Å². The van der Waals surface area contributed by atoms with E-state index >= 15 is 0 Å². The zero-order valence-electron chi connectivity index (χ0n) is 32.1. The van der Waals surface area contributed by atoms with E-state index in [1.54, 1.807) is 38.0 Å². The molecule has 4 aliphatic rings. The number of aryl methyl sites for hydroxylation is 4. The highest BCUT2D eigenvalue weighted by atomic mass is 32.2. The van der Waals surface area contributed by atoms with Crippen LogP contribution in [0.4, 0.5) is 17.1 Å². The van der Waals surface area contributed by atoms with Gasteiger partial charge in [0.25, 0.3) is 16.3 Å². The van der Waals surface area contributed by atoms with Gasteiger partial charge in [-0.05, 0) is 122 Å². The summed E-state index contributed by atoms with van der Waals surface area (Å²) < 4.78 is 52.3. The molecule has 4 aliphatic carbocycles. The van der Waals surface area contributed by atoms with E-state index in [4.69, 9.17) is 15.1 Å². The molecular weight excluding hydrogens is 755 g/mol. The van der Waals surface area contributed by atoms with E-state index in [1.165, 1.54) is 81.9 Å². The van der Waals surface area contributed by atoms with Crippen LogP contribution in [0.25, 0.3) is 0 Å². The molecule has 0 unspecified atom stereocenters. The molecule has 1 amide bonds. The lowest BCUT2D eigenvalue weighted by Gasteiger charge is -2.16. The Labute approximate surface area is 328 Å². The molecule has 2 aromatic heterocycles. The van der Waals surface area contributed by atoms with E-state index in [0.29, 0.717) is 11.4 Å². The van der Waals surface area contributed by atoms with Gasteiger partial charge in [-0.2, -0.15) is 10.2 Å². The summed E-state index contributed by atoms with van der Waals surface area (Å²) in [5, 5.41) is 30.5. The SMILES string of the molecule is CN(C)c1cnnc(S(=O)(=O)CC(=O)Nc2c3c(cc4c2CCC4)CCC3)c1.CN(C)c1cnnc(S(N)(=O)=O)c1.N#COc1c2c(cc3c1CCC3)CCC2. The van der Waals surface area contributed by atoms with Crippen molar-refractivity contribution in [2.75, 3.05) is 49.1 Å². The summed E-state index contributed by atoms with van der Waals surface area (Å²) in [6.07, 6.45) is 17.7. The number of carbonyl (C=O) groups excluding carboxylic acids is 1. The number of rotatable bonds is 8. The summed E-state index contributed by atoms with van der Waals surface area (Å²) in [5.74, 6) is -0.261. The van der Waals surface area contributed by atoms with E-state index in [9.17, 15) is 21.6 Å². The Morgan fingerprint density at radius 1 is 0.714 bits per heavy atom. The Hall–Kier alpha value is -5.18. The molecule has 296 valence electrons. The topological polar surface area (TPSA) is 214 Å². The third-order valence-electron chi connectivity index (χ3n) is 10.5. The molecule has 2 aromatic carbocycles. The van der Waals surface area contributed by atoms with Crippen LogP contribution in [-0.4, -0.2) is 77.1 Å². The van der Waals surface area contributed by atoms with Crippen LogP contribution in [0.3, 0.4) is 0 Å². The number of anilines is 3. The number of benzene rings is 2. The summed E-state index contributed by atoms with van der Waals surface area (Å²) >= 11 is 0. The third-order valence-corrected chi connectivity index (χ3v) is 12.8. The van der Waals surface area contributed by atoms with Gasteiger partial charge in [0.2, 0.25) is 15.7 Å². The Morgan fingerprint density at radius 2 is 1.14 bits per heavy atom. The summed E-state index contributed by atoms with van der Waals surface area (Å²) in [7, 11) is -0.523. The first-order valence-electron chi connectivity index (χ1n) is 18.6. The average Bonchev–Trinajstić information content (AvgIpc) is 3.99. The first-order valence-corrected chi connectivity index (χ1v) is 21.8. The lowest BCUT2D eigenvalue weighted by Crippen LogP contribution is -2.25. The van der Waals surface area contributed by atoms with Crippen molar-refractivity contribution >= 4 is 42.8 Å². The van der Waals surface area contributed by atoms with Gasteiger partial charge in [0, 0.05) is 46.0 Å². The molecule has 0 aliphatic heterocycles. The lowest BCUT2D eigenvalue weighted by atomic mass is 9.98. The van der Waals surface area contributed by atoms with Crippen LogP contribution in [0.15, 0.2) is 46.7 Å². The molecule has 2 heterocycles. The number of aromatic nitrogens is 4. The monoisotopic (exact) mass is 801 g/mol. The maximum Gasteiger partial charge on any atom is 0.292 e. The number of nitrogens with zero attached hydrogens (tertiary/aromatic N) is 7. The van der Waals surface area contributed by atoms with Crippen molar-refractivity contribution in [3.8, 4) is 12.0 Å². The predicted octanol–water partition coefficient (Wildman–Crippen LogP) is 3.65. The second-order valence-electron chi connectivity index (χ2n) is 14.8. The maximum atomic E-state index is 12.7. The van der Waals surface area contributed by atoms with Crippen molar-refractivity contribution in [1.82, 2.24) is 20.4 Å². The number of hydrogen-bond acceptors (Lipinski definition) is 13. The van der Waals surface area contributed by atoms with E-state index < -0.39 is 31.5 Å². The molecule has 17 heteroatoms. The summed E-state index contributed by atoms with van der Waals surface area (Å²) in [6, 6.07) is 7.42. The summed E-state index contributed by atoms with van der Waals surface area (Å²) in [6.45, 7) is 0. The van der Waals surface area contributed by atoms with Gasteiger partial charge in [-0.25, -0.2) is 22.0 Å². The molecular formula is C39H47N9O6S2. The number of hydrogen-bond donors (Lipinski definition) is 2. The van der Waals surface area contributed by atoms with Crippen LogP contribution in [0, 0.1) is 11.5 Å². The number of primary sulfonamides is 1. The Morgan fingerprint density at radius 3 is 1.59 bits per heavy atom. The summed E-state index contributed by atoms with van der Waals surface area (Å²) in [5.41, 5.74) is 12.5. The molecule has 8 rings (SSSR count). The number of nitriles is 1. The van der Waals surface area contributed by atoms with E-state index in [2.05, 4.69) is 37.8 Å². The number of nitrogens with two attached hydrogens (primary N) is 1. The largest absolute Gasteiger partial charge is 0.387 e. The minimum absolute atomic E-state index is 0.183. The number of nitrogens with one attached hydrogen (secondary N) is 1. The Kier molecular flexibility index (Phi) is 12.2. The number of fused-ring (bicyclic) bond motifs is 4. The second-order valence-corrected chi connectivity index (χ2v) is 18.2. The predicted molar refractivity (Wildman–Crippen MR) is 212 cm³/mol. The molecule has 56 heavy (non-hydrogen) atoms. The fraction of sp³-hybridized carbons (Fsp3) is 0.436. The number of ether oxygens (including phenoxy) is 1. The Bertz CT molecular complexity index is 2350. The van der Waals surface area contributed by atoms with Gasteiger partial charge in [0.15, 0.2) is 10.1 Å². The highest BCUT2D eigenvalue weighted by Gasteiger charge is 2.28. The minimum Gasteiger partial charge on any atom is -0.387 e. The first-order chi connectivity index (χ1) is 26.7. The standard InChI is InChI=1S/C20H24N4O3S.C13H13NO.C6H10N4O2S/c1-24(2)15-10-19(23-21-11-15)28(26,27)12-18(25)22-20-16-7-3-5-13(16)9-14-6-4-8-17(14)20;14-8-15-13-11-5-1-3-9(11)7-10-4-2-6-12(10)13;1-10(2)5-3-6(9-8-4-5)13(7,11)12/h9-11H,3-8,12H2,1-2H3,(H,22,25);7H,1-6H2;3-4H,1-2H3,(H2,7,11,12). The van der Waals surface area contributed by atoms with Gasteiger partial charge in [0.05, 0.1) is 23.8 Å². The minimum atomic E-state index is -3.88. The van der Waals surface area contributed by atoms with Crippen LogP contribution in [0.2, 0.25) is 0 Å². The second kappa shape index (κ2) is 16.9. The highest BCUT2D eigenvalue weighted by molar-refractivity contribution is 7.92. The van der Waals surface area contributed by atoms with Crippen molar-refractivity contribution < 1.29 is 26.4 Å². The normalized spacial score (nSPS) is 14.8. The quantitative estimate of drug-likeness (QED) is 0.244. The number of sulfonamides is 1. The molecule has 0 radical (unpaired) electrons. The van der Waals surface area contributed by atoms with Crippen LogP contribution < -0.4 is 25.0 Å². The van der Waals surface area contributed by atoms with Gasteiger partial charge in [-0.15, -0.1) is 15.5 Å². The van der Waals surface area contributed by atoms with E-state index in [1.807, 2.05) is 6.26 Å². The van der Waals surface area contributed by atoms with Crippen molar-refractivity contribution in [2.24, 2.45) is 5.14 Å². The van der Waals surface area contributed by atoms with Crippen LogP contribution in [-0.2, 0) is 76.0 Å². The fourth-order valence-electron chi connectivity index (χ4n) is 7.78. The Balaban J connectivity index is 0.000000159. The number of sulfone groups is 1. The molecule has 0 saturated carbocycles. The van der Waals surface area contributed by atoms with Gasteiger partial charge in [-0.3, -0.25) is 4.79 Å². The summed E-state index contributed by atoms with van der Waals surface area (Å²) in [4.78, 5) is 16.1. The number of carbonyl (C=O) groups is 1. The maximum absolute atomic E-state index is 12.7. The average molecular weight is 802 g/mol. The van der Waals surface area contributed by atoms with Gasteiger partial charge < -0.3 is 19.9 Å². The van der Waals surface area contributed by atoms with Crippen molar-refractivity contribution in [3.05, 3.63) is 81.2 Å². The van der Waals surface area contributed by atoms with Gasteiger partial charge in [0.1, 0.15) is 11.5 Å². The van der Waals surface area contributed by atoms with Crippen molar-refractivity contribution in [3.63, 3.8) is 0 Å². The molecule has 0 bridgehead atoms. The molecule has 4 aromatic rings. The van der Waals surface area contributed by atoms with Crippen LogP contribution in [0.5, 0.6) is 5.75 Å². The molecule has 15 nitrogen and oxygen atoms in total. The number of amides is 1. The molecule has 0 saturated heterocycles. The third kappa shape index (κ3) is 9.09. The van der Waals surface area contributed by atoms with Gasteiger partial charge >= 0.3 is 0 Å². The molecule has 0 fully saturated rings.